The van der Waals surface area contributed by atoms with Crippen LogP contribution >= 0.6 is 11.3 Å². The SMILES string of the molecule is O=C(O)CCCc1ccc(CCc2cc(F)ccc2-c2nc3c(s2)CCCC3)cc1. The number of thiazole rings is 1. The zero-order valence-corrected chi connectivity index (χ0v) is 17.8. The van der Waals surface area contributed by atoms with Gasteiger partial charge in [0, 0.05) is 16.9 Å². The second-order valence-electron chi connectivity index (χ2n) is 7.96. The first-order valence-electron chi connectivity index (χ1n) is 10.7. The molecule has 1 N–H and O–H groups in total. The number of aliphatic carboxylic acids is 1. The van der Waals surface area contributed by atoms with Crippen LogP contribution in [0.15, 0.2) is 42.5 Å². The fourth-order valence-corrected chi connectivity index (χ4v) is 5.25. The van der Waals surface area contributed by atoms with Crippen LogP contribution in [0.2, 0.25) is 0 Å². The van der Waals surface area contributed by atoms with Gasteiger partial charge in [-0.25, -0.2) is 9.37 Å². The maximum absolute atomic E-state index is 14.0. The molecule has 1 heterocycles. The third kappa shape index (κ3) is 5.14. The molecule has 0 atom stereocenters. The van der Waals surface area contributed by atoms with Crippen molar-refractivity contribution >= 4 is 17.3 Å². The van der Waals surface area contributed by atoms with Gasteiger partial charge in [0.25, 0.3) is 0 Å². The predicted octanol–water partition coefficient (Wildman–Crippen LogP) is 6.02. The molecule has 0 aliphatic heterocycles. The molecule has 0 radical (unpaired) electrons. The van der Waals surface area contributed by atoms with E-state index in [-0.39, 0.29) is 12.2 Å². The molecule has 0 saturated carbocycles. The van der Waals surface area contributed by atoms with Gasteiger partial charge in [-0.3, -0.25) is 4.79 Å². The summed E-state index contributed by atoms with van der Waals surface area (Å²) in [6.07, 6.45) is 7.82. The van der Waals surface area contributed by atoms with Crippen molar-refractivity contribution in [3.05, 3.63) is 75.5 Å². The standard InChI is InChI=1S/C25H26FNO2S/c26-20-14-15-21(25-27-22-5-1-2-6-23(22)30-25)19(16-20)13-12-18-10-8-17(9-11-18)4-3-7-24(28)29/h8-11,14-16H,1-7,12-13H2,(H,28,29). The summed E-state index contributed by atoms with van der Waals surface area (Å²) in [4.78, 5) is 16.9. The maximum atomic E-state index is 14.0. The Balaban J connectivity index is 1.45. The first kappa shape index (κ1) is 20.7. The monoisotopic (exact) mass is 423 g/mol. The molecule has 3 aromatic rings. The highest BCUT2D eigenvalue weighted by Gasteiger charge is 2.18. The Morgan fingerprint density at radius 2 is 1.73 bits per heavy atom. The van der Waals surface area contributed by atoms with Gasteiger partial charge in [0.05, 0.1) is 5.69 Å². The van der Waals surface area contributed by atoms with Crippen molar-refractivity contribution in [1.82, 2.24) is 4.98 Å². The second-order valence-corrected chi connectivity index (χ2v) is 9.04. The van der Waals surface area contributed by atoms with E-state index in [0.29, 0.717) is 6.42 Å². The van der Waals surface area contributed by atoms with E-state index in [9.17, 15) is 9.18 Å². The van der Waals surface area contributed by atoms with Crippen LogP contribution in [0.25, 0.3) is 10.6 Å². The zero-order valence-electron chi connectivity index (χ0n) is 17.0. The average Bonchev–Trinajstić information content (AvgIpc) is 3.17. The number of aryl methyl sites for hydroxylation is 5. The van der Waals surface area contributed by atoms with Gasteiger partial charge in [0.2, 0.25) is 0 Å². The first-order chi connectivity index (χ1) is 14.6. The van der Waals surface area contributed by atoms with E-state index in [2.05, 4.69) is 24.3 Å². The average molecular weight is 424 g/mol. The van der Waals surface area contributed by atoms with Crippen LogP contribution in [-0.4, -0.2) is 16.1 Å². The normalized spacial score (nSPS) is 13.2. The lowest BCUT2D eigenvalue weighted by atomic mass is 9.98. The summed E-state index contributed by atoms with van der Waals surface area (Å²) in [5, 5.41) is 9.77. The lowest BCUT2D eigenvalue weighted by molar-refractivity contribution is -0.137. The number of carboxylic acid groups (broad SMARTS) is 1. The quantitative estimate of drug-likeness (QED) is 0.482. The fourth-order valence-electron chi connectivity index (χ4n) is 4.04. The molecule has 5 heteroatoms. The lowest BCUT2D eigenvalue weighted by Gasteiger charge is -2.09. The third-order valence-corrected chi connectivity index (χ3v) is 6.90. The number of benzene rings is 2. The zero-order chi connectivity index (χ0) is 20.9. The summed E-state index contributed by atoms with van der Waals surface area (Å²) in [7, 11) is 0. The minimum atomic E-state index is -0.751. The minimum Gasteiger partial charge on any atom is -0.481 e. The number of aromatic nitrogens is 1. The summed E-state index contributed by atoms with van der Waals surface area (Å²) >= 11 is 1.77. The van der Waals surface area contributed by atoms with E-state index < -0.39 is 5.97 Å². The van der Waals surface area contributed by atoms with Gasteiger partial charge in [-0.2, -0.15) is 0 Å². The number of halogens is 1. The van der Waals surface area contributed by atoms with Crippen molar-refractivity contribution in [3.63, 3.8) is 0 Å². The number of hydrogen-bond donors (Lipinski definition) is 1. The van der Waals surface area contributed by atoms with Crippen LogP contribution in [0.1, 0.15) is 52.9 Å². The summed E-state index contributed by atoms with van der Waals surface area (Å²) < 4.78 is 14.0. The third-order valence-electron chi connectivity index (χ3n) is 5.71. The van der Waals surface area contributed by atoms with Crippen LogP contribution in [0.5, 0.6) is 0 Å². The molecule has 1 aromatic heterocycles. The molecule has 0 unspecified atom stereocenters. The van der Waals surface area contributed by atoms with Crippen molar-refractivity contribution in [2.24, 2.45) is 0 Å². The number of hydrogen-bond acceptors (Lipinski definition) is 3. The fraction of sp³-hybridized carbons (Fsp3) is 0.360. The van der Waals surface area contributed by atoms with Gasteiger partial charge < -0.3 is 5.11 Å². The van der Waals surface area contributed by atoms with Crippen molar-refractivity contribution in [3.8, 4) is 10.6 Å². The Morgan fingerprint density at radius 3 is 2.47 bits per heavy atom. The van der Waals surface area contributed by atoms with Crippen LogP contribution in [0.3, 0.4) is 0 Å². The highest BCUT2D eigenvalue weighted by molar-refractivity contribution is 7.15. The number of nitrogens with zero attached hydrogens (tertiary/aromatic N) is 1. The molecule has 0 fully saturated rings. The van der Waals surface area contributed by atoms with Crippen molar-refractivity contribution < 1.29 is 14.3 Å². The molecule has 0 saturated heterocycles. The maximum Gasteiger partial charge on any atom is 0.303 e. The van der Waals surface area contributed by atoms with Gasteiger partial charge in [0.1, 0.15) is 10.8 Å². The Morgan fingerprint density at radius 1 is 1.00 bits per heavy atom. The molecular weight excluding hydrogens is 397 g/mol. The molecule has 0 amide bonds. The van der Waals surface area contributed by atoms with Crippen LogP contribution in [0, 0.1) is 5.82 Å². The number of fused-ring (bicyclic) bond motifs is 1. The van der Waals surface area contributed by atoms with E-state index in [1.54, 1.807) is 17.4 Å². The number of carboxylic acids is 1. The van der Waals surface area contributed by atoms with Crippen molar-refractivity contribution in [2.75, 3.05) is 0 Å². The molecule has 4 rings (SSSR count). The van der Waals surface area contributed by atoms with E-state index in [1.807, 2.05) is 6.07 Å². The molecule has 2 aromatic carbocycles. The highest BCUT2D eigenvalue weighted by Crippen LogP contribution is 2.35. The van der Waals surface area contributed by atoms with Gasteiger partial charge in [-0.15, -0.1) is 11.3 Å². The first-order valence-corrected chi connectivity index (χ1v) is 11.5. The largest absolute Gasteiger partial charge is 0.481 e. The Bertz CT molecular complexity index is 1000. The topological polar surface area (TPSA) is 50.2 Å². The number of carbonyl (C=O) groups is 1. The second kappa shape index (κ2) is 9.52. The Labute approximate surface area is 180 Å². The lowest BCUT2D eigenvalue weighted by Crippen LogP contribution is -1.99. The number of rotatable bonds is 8. The van der Waals surface area contributed by atoms with Gasteiger partial charge in [-0.1, -0.05) is 24.3 Å². The van der Waals surface area contributed by atoms with Gasteiger partial charge >= 0.3 is 5.97 Å². The Kier molecular flexibility index (Phi) is 6.58. The summed E-state index contributed by atoms with van der Waals surface area (Å²) in [5.41, 5.74) is 5.65. The summed E-state index contributed by atoms with van der Waals surface area (Å²) in [6, 6.07) is 13.4. The molecule has 156 valence electrons. The molecule has 1 aliphatic carbocycles. The van der Waals surface area contributed by atoms with Crippen LogP contribution in [0.4, 0.5) is 4.39 Å². The van der Waals surface area contributed by atoms with Gasteiger partial charge in [-0.05, 0) is 86.3 Å². The smallest absolute Gasteiger partial charge is 0.303 e. The summed E-state index contributed by atoms with van der Waals surface area (Å²) in [6.45, 7) is 0. The van der Waals surface area contributed by atoms with E-state index in [4.69, 9.17) is 10.1 Å². The van der Waals surface area contributed by atoms with E-state index in [1.165, 1.54) is 35.0 Å². The molecule has 3 nitrogen and oxygen atoms in total. The minimum absolute atomic E-state index is 0.199. The van der Waals surface area contributed by atoms with Crippen molar-refractivity contribution in [2.45, 2.75) is 57.8 Å². The van der Waals surface area contributed by atoms with Crippen LogP contribution in [-0.2, 0) is 36.9 Å². The highest BCUT2D eigenvalue weighted by atomic mass is 32.1. The molecule has 1 aliphatic rings. The molecule has 0 spiro atoms. The van der Waals surface area contributed by atoms with Crippen molar-refractivity contribution in [1.29, 1.82) is 0 Å². The van der Waals surface area contributed by atoms with E-state index >= 15 is 0 Å². The predicted molar refractivity (Wildman–Crippen MR) is 119 cm³/mol. The molecule has 0 bridgehead atoms. The molecule has 30 heavy (non-hydrogen) atoms. The van der Waals surface area contributed by atoms with Crippen LogP contribution < -0.4 is 0 Å². The Hall–Kier alpha value is -2.53. The van der Waals surface area contributed by atoms with E-state index in [0.717, 1.165) is 53.8 Å². The molecular formula is C25H26FNO2S. The summed E-state index contributed by atoms with van der Waals surface area (Å²) in [5.74, 6) is -0.956. The van der Waals surface area contributed by atoms with Gasteiger partial charge in [0.15, 0.2) is 0 Å².